The van der Waals surface area contributed by atoms with Gasteiger partial charge in [0.05, 0.1) is 32.2 Å². The number of benzene rings is 2. The molecular weight excluding hydrogens is 736 g/mol. The number of likely N-dealkylation sites (N-methyl/N-ethyl adjacent to an activating group) is 2. The van der Waals surface area contributed by atoms with Crippen LogP contribution in [0.4, 0.5) is 11.6 Å². The van der Waals surface area contributed by atoms with Crippen molar-refractivity contribution in [1.29, 1.82) is 0 Å². The second kappa shape index (κ2) is 21.0. The summed E-state index contributed by atoms with van der Waals surface area (Å²) < 4.78 is 12.4. The third kappa shape index (κ3) is 12.7. The quantitative estimate of drug-likeness (QED) is 0.113. The first-order valence-corrected chi connectivity index (χ1v) is 19.7. The number of piperidine rings is 1. The average molecular weight is 796 g/mol. The number of aromatic nitrogens is 2. The van der Waals surface area contributed by atoms with Gasteiger partial charge in [0, 0.05) is 54.1 Å². The first-order chi connectivity index (χ1) is 26.7. The summed E-state index contributed by atoms with van der Waals surface area (Å²) in [6, 6.07) is 15.8. The van der Waals surface area contributed by atoms with Crippen LogP contribution in [0.5, 0.6) is 11.5 Å². The van der Waals surface area contributed by atoms with Crippen molar-refractivity contribution < 1.29 is 28.3 Å². The van der Waals surface area contributed by atoms with Crippen LogP contribution in [0, 0.1) is 0 Å². The monoisotopic (exact) mass is 795 g/mol. The number of nitrogens with two attached hydrogens (primary N) is 2. The van der Waals surface area contributed by atoms with Gasteiger partial charge < -0.3 is 30.7 Å². The van der Waals surface area contributed by atoms with E-state index in [2.05, 4.69) is 39.6 Å². The number of hydrazine groups is 2. The maximum absolute atomic E-state index is 13.3. The molecule has 1 aliphatic heterocycles. The lowest BCUT2D eigenvalue weighted by atomic mass is 9.99. The molecule has 3 amide bonds. The average Bonchev–Trinajstić information content (AvgIpc) is 3.16. The molecule has 0 spiro atoms. The Kier molecular flexibility index (Phi) is 16.5. The van der Waals surface area contributed by atoms with Gasteiger partial charge in [-0.25, -0.2) is 20.0 Å². The number of amides is 3. The van der Waals surface area contributed by atoms with Crippen LogP contribution in [0.3, 0.4) is 0 Å². The van der Waals surface area contributed by atoms with Gasteiger partial charge in [0.15, 0.2) is 35.7 Å². The summed E-state index contributed by atoms with van der Waals surface area (Å²) in [5.41, 5.74) is 14.1. The molecule has 0 bridgehead atoms. The smallest absolute Gasteiger partial charge is 0.274 e. The zero-order valence-corrected chi connectivity index (χ0v) is 34.6. The van der Waals surface area contributed by atoms with Crippen LogP contribution < -0.4 is 26.3 Å². The number of likely N-dealkylation sites (tertiary alicyclic amines) is 1. The zero-order valence-electron chi connectivity index (χ0n) is 33.8. The van der Waals surface area contributed by atoms with Gasteiger partial charge in [-0.05, 0) is 74.9 Å². The van der Waals surface area contributed by atoms with Crippen molar-refractivity contribution in [3.63, 3.8) is 0 Å². The molecule has 56 heavy (non-hydrogen) atoms. The molecule has 1 unspecified atom stereocenters. The Morgan fingerprint density at radius 2 is 1.27 bits per heavy atom. The third-order valence-electron chi connectivity index (χ3n) is 10.2. The van der Waals surface area contributed by atoms with E-state index in [9.17, 15) is 14.4 Å². The molecule has 15 nitrogen and oxygen atoms in total. The minimum atomic E-state index is -0.414. The molecule has 306 valence electrons. The van der Waals surface area contributed by atoms with Crippen molar-refractivity contribution in [2.75, 3.05) is 92.1 Å². The normalized spacial score (nSPS) is 15.1. The zero-order chi connectivity index (χ0) is 40.8. The standard InChI is InChI=1S/C40H59ClN10O5/c1-7-49(47(3)4)34(52)27-55-32-19-15-29(16-20-32)12-9-23-51(25-11-14-31(26-51)44-40(54)36-38(42)46-39(43)37(41)45-36)24-10-13-30-17-21-33(22-18-30)56-28-35(53)50(8-2)48(5)6/h15-22,31H,7-14,23-28H2,1-6H3,(H4-,42,43,44,46,54)/p+1. The van der Waals surface area contributed by atoms with Crippen molar-refractivity contribution in [2.45, 2.75) is 58.4 Å². The first kappa shape index (κ1) is 44.0. The second-order valence-corrected chi connectivity index (χ2v) is 15.0. The first-order valence-electron chi connectivity index (χ1n) is 19.4. The van der Waals surface area contributed by atoms with E-state index in [0.29, 0.717) is 24.6 Å². The number of nitrogens with zero attached hydrogens (tertiary/aromatic N) is 7. The minimum Gasteiger partial charge on any atom is -0.484 e. The highest BCUT2D eigenvalue weighted by Gasteiger charge is 2.36. The molecule has 5 N–H and O–H groups in total. The maximum atomic E-state index is 13.3. The number of nitrogen functional groups attached to an aromatic ring is 2. The number of rotatable bonds is 20. The van der Waals surface area contributed by atoms with Crippen molar-refractivity contribution in [1.82, 2.24) is 35.3 Å². The highest BCUT2D eigenvalue weighted by Crippen LogP contribution is 2.25. The Morgan fingerprint density at radius 1 is 0.786 bits per heavy atom. The molecule has 2 aromatic carbocycles. The van der Waals surface area contributed by atoms with E-state index in [0.717, 1.165) is 69.2 Å². The van der Waals surface area contributed by atoms with Gasteiger partial charge in [-0.3, -0.25) is 24.4 Å². The number of aryl methyl sites for hydroxylation is 2. The number of halogens is 1. The summed E-state index contributed by atoms with van der Waals surface area (Å²) >= 11 is 6.08. The molecule has 0 saturated carbocycles. The lowest BCUT2D eigenvalue weighted by Crippen LogP contribution is -2.60. The van der Waals surface area contributed by atoms with Gasteiger partial charge >= 0.3 is 0 Å². The van der Waals surface area contributed by atoms with Crippen LogP contribution in [-0.2, 0) is 22.4 Å². The van der Waals surface area contributed by atoms with Crippen molar-refractivity contribution in [3.05, 3.63) is 70.5 Å². The Hall–Kier alpha value is -4.70. The molecule has 1 saturated heterocycles. The Labute approximate surface area is 336 Å². The molecular formula is C40H60ClN10O5+. The van der Waals surface area contributed by atoms with Gasteiger partial charge in [-0.1, -0.05) is 35.9 Å². The van der Waals surface area contributed by atoms with E-state index >= 15 is 0 Å². The van der Waals surface area contributed by atoms with E-state index in [-0.39, 0.29) is 53.6 Å². The topological polar surface area (TPSA) is 172 Å². The van der Waals surface area contributed by atoms with Crippen molar-refractivity contribution in [2.24, 2.45) is 0 Å². The molecule has 2 heterocycles. The number of quaternary nitrogens is 1. The molecule has 16 heteroatoms. The van der Waals surface area contributed by atoms with Gasteiger partial charge in [0.2, 0.25) is 0 Å². The number of nitrogens with one attached hydrogen (secondary N) is 1. The van der Waals surface area contributed by atoms with Crippen molar-refractivity contribution in [3.8, 4) is 11.5 Å². The molecule has 1 aliphatic rings. The summed E-state index contributed by atoms with van der Waals surface area (Å²) in [5, 5.41) is 9.88. The van der Waals surface area contributed by atoms with Crippen LogP contribution in [0.2, 0.25) is 5.15 Å². The number of anilines is 2. The van der Waals surface area contributed by atoms with E-state index in [1.165, 1.54) is 11.1 Å². The SMILES string of the molecule is CCN(C(=O)COc1ccc(CCC[N+]2(CCCc3ccc(OCC(=O)N(CC)N(C)C)cc3)CCCC(NC(=O)c3nc(Cl)c(N)nc3N)C2)cc1)N(C)C. The summed E-state index contributed by atoms with van der Waals surface area (Å²) in [6.45, 7) is 8.61. The fourth-order valence-corrected chi connectivity index (χ4v) is 7.49. The largest absolute Gasteiger partial charge is 0.484 e. The van der Waals surface area contributed by atoms with Crippen LogP contribution in [-0.4, -0.2) is 139 Å². The summed E-state index contributed by atoms with van der Waals surface area (Å²) in [7, 11) is 7.34. The Bertz CT molecular complexity index is 1660. The van der Waals surface area contributed by atoms with E-state index in [1.807, 2.05) is 66.3 Å². The summed E-state index contributed by atoms with van der Waals surface area (Å²) in [5.74, 6) is 0.627. The summed E-state index contributed by atoms with van der Waals surface area (Å²) in [6.07, 6.45) is 5.46. The number of hydrogen-bond donors (Lipinski definition) is 3. The highest BCUT2D eigenvalue weighted by atomic mass is 35.5. The minimum absolute atomic E-state index is 0.0183. The highest BCUT2D eigenvalue weighted by molar-refractivity contribution is 6.31. The lowest BCUT2D eigenvalue weighted by molar-refractivity contribution is -0.933. The fraction of sp³-hybridized carbons (Fsp3) is 0.525. The van der Waals surface area contributed by atoms with E-state index in [4.69, 9.17) is 32.5 Å². The van der Waals surface area contributed by atoms with Crippen LogP contribution in [0.25, 0.3) is 0 Å². The Balaban J connectivity index is 1.38. The molecule has 4 rings (SSSR count). The lowest BCUT2D eigenvalue weighted by Gasteiger charge is -2.45. The number of hydrogen-bond acceptors (Lipinski definition) is 11. The predicted molar refractivity (Wildman–Crippen MR) is 219 cm³/mol. The maximum Gasteiger partial charge on any atom is 0.274 e. The van der Waals surface area contributed by atoms with Gasteiger partial charge in [-0.15, -0.1) is 0 Å². The van der Waals surface area contributed by atoms with Crippen LogP contribution in [0.15, 0.2) is 48.5 Å². The van der Waals surface area contributed by atoms with Crippen molar-refractivity contribution >= 4 is 41.0 Å². The molecule has 1 fully saturated rings. The number of ether oxygens (including phenoxy) is 2. The molecule has 1 aromatic heterocycles. The van der Waals surface area contributed by atoms with E-state index < -0.39 is 5.91 Å². The van der Waals surface area contributed by atoms with Gasteiger partial charge in [0.1, 0.15) is 11.5 Å². The third-order valence-corrected chi connectivity index (χ3v) is 10.4. The Morgan fingerprint density at radius 3 is 1.71 bits per heavy atom. The molecule has 0 aliphatic carbocycles. The van der Waals surface area contributed by atoms with E-state index in [1.54, 1.807) is 20.0 Å². The molecule has 0 radical (unpaired) electrons. The molecule has 3 aromatic rings. The predicted octanol–water partition coefficient (Wildman–Crippen LogP) is 3.68. The van der Waals surface area contributed by atoms with Gasteiger partial charge in [-0.2, -0.15) is 0 Å². The summed E-state index contributed by atoms with van der Waals surface area (Å²) in [4.78, 5) is 46.5. The second-order valence-electron chi connectivity index (χ2n) is 14.6. The van der Waals surface area contributed by atoms with Crippen LogP contribution >= 0.6 is 11.6 Å². The number of carbonyl (C=O) groups is 3. The van der Waals surface area contributed by atoms with Crippen LogP contribution in [0.1, 0.15) is 61.1 Å². The number of carbonyl (C=O) groups excluding carboxylic acids is 3. The van der Waals surface area contributed by atoms with Gasteiger partial charge in [0.25, 0.3) is 17.7 Å². The molecule has 1 atom stereocenters. The fourth-order valence-electron chi connectivity index (χ4n) is 7.37.